The topological polar surface area (TPSA) is 76.1 Å². The largest absolute Gasteiger partial charge is 0.496 e. The van der Waals surface area contributed by atoms with Crippen LogP contribution in [0.15, 0.2) is 22.7 Å². The number of methoxy groups -OCH3 is 1. The summed E-state index contributed by atoms with van der Waals surface area (Å²) in [6.07, 6.45) is -1.08. The summed E-state index contributed by atoms with van der Waals surface area (Å²) >= 11 is 3.37. The average molecular weight is 358 g/mol. The molecule has 1 heterocycles. The Hall–Kier alpha value is -1.60. The van der Waals surface area contributed by atoms with Gasteiger partial charge in [0.05, 0.1) is 17.6 Å². The summed E-state index contributed by atoms with van der Waals surface area (Å²) in [4.78, 5) is 24.9. The third-order valence-electron chi connectivity index (χ3n) is 3.43. The number of carbonyl (C=O) groups is 2. The molecule has 0 spiro atoms. The first-order valence-corrected chi connectivity index (χ1v) is 7.26. The summed E-state index contributed by atoms with van der Waals surface area (Å²) in [5.74, 6) is -0.665. The van der Waals surface area contributed by atoms with Crippen molar-refractivity contribution in [2.45, 2.75) is 19.1 Å². The Labute approximate surface area is 130 Å². The molecule has 2 unspecified atom stereocenters. The zero-order valence-electron chi connectivity index (χ0n) is 11.7. The fraction of sp³-hybridized carbons (Fsp3) is 0.429. The highest BCUT2D eigenvalue weighted by Crippen LogP contribution is 2.34. The lowest BCUT2D eigenvalue weighted by molar-refractivity contribution is -0.172. The number of rotatable bonds is 4. The predicted octanol–water partition coefficient (Wildman–Crippen LogP) is 1.83. The fourth-order valence-corrected chi connectivity index (χ4v) is 3.01. The normalized spacial score (nSPS) is 22.2. The Morgan fingerprint density at radius 3 is 2.81 bits per heavy atom. The van der Waals surface area contributed by atoms with Crippen LogP contribution in [0.5, 0.6) is 5.75 Å². The molecule has 2 atom stereocenters. The monoisotopic (exact) mass is 357 g/mol. The first-order valence-electron chi connectivity index (χ1n) is 6.46. The van der Waals surface area contributed by atoms with E-state index in [-0.39, 0.29) is 12.5 Å². The highest BCUT2D eigenvalue weighted by molar-refractivity contribution is 9.10. The van der Waals surface area contributed by atoms with Gasteiger partial charge in [-0.3, -0.25) is 4.79 Å². The van der Waals surface area contributed by atoms with Gasteiger partial charge in [0.25, 0.3) is 0 Å². The number of carbonyl (C=O) groups excluding carboxylic acids is 1. The summed E-state index contributed by atoms with van der Waals surface area (Å²) in [5, 5.41) is 9.34. The van der Waals surface area contributed by atoms with Gasteiger partial charge in [0.15, 0.2) is 6.10 Å². The van der Waals surface area contributed by atoms with E-state index < -0.39 is 18.1 Å². The lowest BCUT2D eigenvalue weighted by Crippen LogP contribution is -2.51. The molecule has 0 bridgehead atoms. The quantitative estimate of drug-likeness (QED) is 0.889. The van der Waals surface area contributed by atoms with Crippen molar-refractivity contribution in [1.29, 1.82) is 0 Å². The zero-order valence-corrected chi connectivity index (χ0v) is 13.3. The van der Waals surface area contributed by atoms with Crippen LogP contribution in [0.3, 0.4) is 0 Å². The van der Waals surface area contributed by atoms with E-state index in [0.29, 0.717) is 22.3 Å². The number of amides is 1. The summed E-state index contributed by atoms with van der Waals surface area (Å²) < 4.78 is 11.1. The van der Waals surface area contributed by atoms with Crippen molar-refractivity contribution in [3.63, 3.8) is 0 Å². The van der Waals surface area contributed by atoms with Crippen molar-refractivity contribution in [3.05, 3.63) is 28.2 Å². The second-order valence-electron chi connectivity index (χ2n) is 4.59. The van der Waals surface area contributed by atoms with Crippen molar-refractivity contribution in [1.82, 2.24) is 4.90 Å². The van der Waals surface area contributed by atoms with E-state index in [4.69, 9.17) is 9.47 Å². The van der Waals surface area contributed by atoms with Crippen molar-refractivity contribution < 1.29 is 24.2 Å². The van der Waals surface area contributed by atoms with E-state index >= 15 is 0 Å². The molecular weight excluding hydrogens is 342 g/mol. The molecule has 1 aromatic carbocycles. The van der Waals surface area contributed by atoms with Gasteiger partial charge in [0.2, 0.25) is 5.91 Å². The van der Waals surface area contributed by atoms with Crippen molar-refractivity contribution in [3.8, 4) is 5.75 Å². The maximum Gasteiger partial charge on any atom is 0.335 e. The number of hydrogen-bond donors (Lipinski definition) is 1. The Morgan fingerprint density at radius 2 is 2.29 bits per heavy atom. The molecule has 0 saturated carbocycles. The maximum absolute atomic E-state index is 12.0. The van der Waals surface area contributed by atoms with Crippen molar-refractivity contribution >= 4 is 27.8 Å². The molecule has 0 aliphatic carbocycles. The molecule has 1 N–H and O–H groups in total. The van der Waals surface area contributed by atoms with Gasteiger partial charge in [-0.05, 0) is 40.5 Å². The Bertz CT molecular complexity index is 560. The van der Waals surface area contributed by atoms with Gasteiger partial charge in [0.1, 0.15) is 12.4 Å². The number of morpholine rings is 1. The lowest BCUT2D eigenvalue weighted by atomic mass is 9.97. The van der Waals surface area contributed by atoms with Crippen LogP contribution in [-0.2, 0) is 14.3 Å². The number of carboxylic acids is 1. The van der Waals surface area contributed by atoms with Crippen LogP contribution in [0.4, 0.5) is 0 Å². The molecule has 1 aliphatic heterocycles. The molecule has 1 fully saturated rings. The molecule has 1 aromatic rings. The third kappa shape index (κ3) is 3.03. The first kappa shape index (κ1) is 15.8. The average Bonchev–Trinajstić information content (AvgIpc) is 2.46. The number of carboxylic acid groups (broad SMARTS) is 1. The number of halogens is 1. The van der Waals surface area contributed by atoms with Crippen molar-refractivity contribution in [2.24, 2.45) is 0 Å². The molecule has 1 aliphatic rings. The van der Waals surface area contributed by atoms with Crippen LogP contribution < -0.4 is 4.74 Å². The molecule has 2 rings (SSSR count). The molecule has 0 radical (unpaired) electrons. The number of benzene rings is 1. The van der Waals surface area contributed by atoms with E-state index in [1.165, 1.54) is 4.90 Å². The minimum Gasteiger partial charge on any atom is -0.496 e. The highest BCUT2D eigenvalue weighted by atomic mass is 79.9. The summed E-state index contributed by atoms with van der Waals surface area (Å²) in [6.45, 7) is 2.02. The van der Waals surface area contributed by atoms with Crippen LogP contribution in [0, 0.1) is 0 Å². The van der Waals surface area contributed by atoms with Crippen LogP contribution in [-0.4, -0.2) is 48.2 Å². The summed E-state index contributed by atoms with van der Waals surface area (Å²) in [6, 6.07) is 4.57. The molecule has 21 heavy (non-hydrogen) atoms. The van der Waals surface area contributed by atoms with Gasteiger partial charge in [0, 0.05) is 6.54 Å². The number of likely N-dealkylation sites (N-methyl/N-ethyl adjacent to an activating group) is 1. The maximum atomic E-state index is 12.0. The summed E-state index contributed by atoms with van der Waals surface area (Å²) in [5.41, 5.74) is 0.685. The van der Waals surface area contributed by atoms with E-state index in [1.54, 1.807) is 25.3 Å². The van der Waals surface area contributed by atoms with Gasteiger partial charge in [-0.2, -0.15) is 0 Å². The molecule has 114 valence electrons. The van der Waals surface area contributed by atoms with Crippen LogP contribution >= 0.6 is 15.9 Å². The number of ether oxygens (including phenoxy) is 2. The van der Waals surface area contributed by atoms with Crippen LogP contribution in [0.1, 0.15) is 18.5 Å². The predicted molar refractivity (Wildman–Crippen MR) is 78.2 cm³/mol. The van der Waals surface area contributed by atoms with E-state index in [0.717, 1.165) is 0 Å². The van der Waals surface area contributed by atoms with Gasteiger partial charge in [-0.25, -0.2) is 4.79 Å². The van der Waals surface area contributed by atoms with Crippen molar-refractivity contribution in [2.75, 3.05) is 20.3 Å². The summed E-state index contributed by atoms with van der Waals surface area (Å²) in [7, 11) is 1.55. The SMILES string of the molecule is CCN1C(=O)COC(C(=O)O)C1c1ccc(OC)c(Br)c1. The van der Waals surface area contributed by atoms with E-state index in [2.05, 4.69) is 15.9 Å². The smallest absolute Gasteiger partial charge is 0.335 e. The second kappa shape index (κ2) is 6.44. The third-order valence-corrected chi connectivity index (χ3v) is 4.05. The second-order valence-corrected chi connectivity index (χ2v) is 5.44. The minimum absolute atomic E-state index is 0.210. The van der Waals surface area contributed by atoms with E-state index in [9.17, 15) is 14.7 Å². The van der Waals surface area contributed by atoms with Gasteiger partial charge < -0.3 is 19.5 Å². The van der Waals surface area contributed by atoms with Crippen LogP contribution in [0.25, 0.3) is 0 Å². The minimum atomic E-state index is -1.09. The van der Waals surface area contributed by atoms with Gasteiger partial charge >= 0.3 is 5.97 Å². The molecule has 1 saturated heterocycles. The number of aliphatic carboxylic acids is 1. The Morgan fingerprint density at radius 1 is 1.57 bits per heavy atom. The molecule has 0 aromatic heterocycles. The highest BCUT2D eigenvalue weighted by Gasteiger charge is 2.41. The Kier molecular flexibility index (Phi) is 4.84. The molecule has 6 nitrogen and oxygen atoms in total. The molecule has 1 amide bonds. The molecular formula is C14H16BrNO5. The standard InChI is InChI=1S/C14H16BrNO5/c1-3-16-11(17)7-21-13(14(18)19)12(16)8-4-5-10(20-2)9(15)6-8/h4-6,12-13H,3,7H2,1-2H3,(H,18,19). The lowest BCUT2D eigenvalue weighted by Gasteiger charge is -2.39. The zero-order chi connectivity index (χ0) is 15.6. The number of hydrogen-bond acceptors (Lipinski definition) is 4. The Balaban J connectivity index is 2.45. The van der Waals surface area contributed by atoms with Crippen LogP contribution in [0.2, 0.25) is 0 Å². The van der Waals surface area contributed by atoms with E-state index in [1.807, 2.05) is 6.92 Å². The number of nitrogens with zero attached hydrogens (tertiary/aromatic N) is 1. The fourth-order valence-electron chi connectivity index (χ4n) is 2.45. The first-order chi connectivity index (χ1) is 9.99. The molecule has 7 heteroatoms. The van der Waals surface area contributed by atoms with Gasteiger partial charge in [-0.15, -0.1) is 0 Å². The van der Waals surface area contributed by atoms with Gasteiger partial charge in [-0.1, -0.05) is 6.07 Å².